The summed E-state index contributed by atoms with van der Waals surface area (Å²) < 4.78 is 7.94. The van der Waals surface area contributed by atoms with E-state index in [1.54, 1.807) is 0 Å². The van der Waals surface area contributed by atoms with Crippen molar-refractivity contribution < 1.29 is 14.3 Å². The molecule has 1 aromatic rings. The molecule has 1 unspecified atom stereocenters. The third-order valence-electron chi connectivity index (χ3n) is 4.63. The number of aryl methyl sites for hydroxylation is 1. The van der Waals surface area contributed by atoms with Crippen LogP contribution in [0.15, 0.2) is 0 Å². The van der Waals surface area contributed by atoms with Crippen molar-refractivity contribution in [3.8, 4) is 0 Å². The fraction of sp³-hybridized carbons (Fsp3) is 0.786. The van der Waals surface area contributed by atoms with Gasteiger partial charge in [0.05, 0.1) is 12.5 Å². The molecule has 0 spiro atoms. The van der Waals surface area contributed by atoms with Gasteiger partial charge in [0, 0.05) is 13.0 Å². The summed E-state index contributed by atoms with van der Waals surface area (Å²) in [6.45, 7) is 12.0. The van der Waals surface area contributed by atoms with E-state index in [1.165, 1.54) is 0 Å². The molecule has 0 aliphatic carbocycles. The molecular weight excluding hydrogens is 286 g/mol. The van der Waals surface area contributed by atoms with Crippen molar-refractivity contribution >= 4 is 14.3 Å². The molecule has 1 aliphatic heterocycles. The van der Waals surface area contributed by atoms with Crippen LogP contribution < -0.4 is 0 Å². The van der Waals surface area contributed by atoms with Gasteiger partial charge in [0.1, 0.15) is 5.82 Å². The van der Waals surface area contributed by atoms with Gasteiger partial charge in [-0.3, -0.25) is 4.79 Å². The zero-order valence-corrected chi connectivity index (χ0v) is 14.5. The highest BCUT2D eigenvalue weighted by molar-refractivity contribution is 6.74. The number of carboxylic acids is 1. The quantitative estimate of drug-likeness (QED) is 0.864. The van der Waals surface area contributed by atoms with E-state index in [0.29, 0.717) is 31.8 Å². The lowest BCUT2D eigenvalue weighted by Gasteiger charge is -2.35. The SMILES string of the molecule is CC(C)(C)[Si](C)(C)OCc1nc2n(n1)CCC(C(=O)O)C2. The van der Waals surface area contributed by atoms with E-state index >= 15 is 0 Å². The van der Waals surface area contributed by atoms with E-state index in [4.69, 9.17) is 9.53 Å². The minimum atomic E-state index is -1.82. The lowest BCUT2D eigenvalue weighted by atomic mass is 9.99. The second-order valence-electron chi connectivity index (χ2n) is 7.24. The van der Waals surface area contributed by atoms with Crippen molar-refractivity contribution in [2.45, 2.75) is 64.9 Å². The molecule has 7 heteroatoms. The van der Waals surface area contributed by atoms with Crippen LogP contribution in [0.25, 0.3) is 0 Å². The van der Waals surface area contributed by atoms with Crippen LogP contribution in [0.5, 0.6) is 0 Å². The first-order chi connectivity index (χ1) is 9.60. The molecule has 6 nitrogen and oxygen atoms in total. The van der Waals surface area contributed by atoms with E-state index in [9.17, 15) is 4.79 Å². The summed E-state index contributed by atoms with van der Waals surface area (Å²) in [7, 11) is -1.82. The Bertz CT molecular complexity index is 534. The van der Waals surface area contributed by atoms with E-state index in [1.807, 2.05) is 4.68 Å². The first kappa shape index (κ1) is 16.2. The van der Waals surface area contributed by atoms with Gasteiger partial charge in [-0.15, -0.1) is 0 Å². The largest absolute Gasteiger partial charge is 0.481 e. The van der Waals surface area contributed by atoms with Gasteiger partial charge in [-0.05, 0) is 24.6 Å². The summed E-state index contributed by atoms with van der Waals surface area (Å²) in [6.07, 6.45) is 1.08. The molecule has 21 heavy (non-hydrogen) atoms. The maximum atomic E-state index is 11.1. The number of rotatable bonds is 4. The van der Waals surface area contributed by atoms with Crippen LogP contribution >= 0.6 is 0 Å². The predicted molar refractivity (Wildman–Crippen MR) is 81.5 cm³/mol. The van der Waals surface area contributed by atoms with Crippen LogP contribution in [0.2, 0.25) is 18.1 Å². The van der Waals surface area contributed by atoms with Gasteiger partial charge in [-0.2, -0.15) is 5.10 Å². The number of fused-ring (bicyclic) bond motifs is 1. The maximum Gasteiger partial charge on any atom is 0.307 e. The first-order valence-corrected chi connectivity index (χ1v) is 10.3. The second-order valence-corrected chi connectivity index (χ2v) is 12.1. The molecule has 0 saturated heterocycles. The Kier molecular flexibility index (Phi) is 4.26. The highest BCUT2D eigenvalue weighted by Crippen LogP contribution is 2.36. The van der Waals surface area contributed by atoms with Crippen LogP contribution in [-0.2, 0) is 28.8 Å². The summed E-state index contributed by atoms with van der Waals surface area (Å²) in [4.78, 5) is 15.5. The van der Waals surface area contributed by atoms with E-state index in [2.05, 4.69) is 43.9 Å². The Balaban J connectivity index is 2.03. The molecule has 2 heterocycles. The average molecular weight is 311 g/mol. The van der Waals surface area contributed by atoms with Gasteiger partial charge in [0.2, 0.25) is 0 Å². The maximum absolute atomic E-state index is 11.1. The number of hydrogen-bond acceptors (Lipinski definition) is 4. The van der Waals surface area contributed by atoms with Crippen molar-refractivity contribution in [2.24, 2.45) is 5.92 Å². The third-order valence-corrected chi connectivity index (χ3v) is 9.11. The molecule has 1 N–H and O–H groups in total. The molecule has 118 valence electrons. The number of aromatic nitrogens is 3. The number of hydrogen-bond donors (Lipinski definition) is 1. The standard InChI is InChI=1S/C14H25N3O3Si/c1-14(2,3)21(4,5)20-9-11-15-12-8-10(13(18)19)6-7-17(12)16-11/h10H,6-9H2,1-5H3,(H,18,19). The van der Waals surface area contributed by atoms with Crippen LogP contribution in [0.1, 0.15) is 38.8 Å². The van der Waals surface area contributed by atoms with Crippen molar-refractivity contribution in [3.05, 3.63) is 11.6 Å². The fourth-order valence-electron chi connectivity index (χ4n) is 2.09. The molecular formula is C14H25N3O3Si. The third kappa shape index (κ3) is 3.52. The van der Waals surface area contributed by atoms with Crippen molar-refractivity contribution in [3.63, 3.8) is 0 Å². The van der Waals surface area contributed by atoms with Crippen LogP contribution in [0.3, 0.4) is 0 Å². The summed E-state index contributed by atoms with van der Waals surface area (Å²) in [5, 5.41) is 13.7. The fourth-order valence-corrected chi connectivity index (χ4v) is 3.01. The van der Waals surface area contributed by atoms with Gasteiger partial charge in [-0.1, -0.05) is 20.8 Å². The Morgan fingerprint density at radius 1 is 1.48 bits per heavy atom. The summed E-state index contributed by atoms with van der Waals surface area (Å²) in [6, 6.07) is 0. The van der Waals surface area contributed by atoms with Gasteiger partial charge >= 0.3 is 5.97 Å². The summed E-state index contributed by atoms with van der Waals surface area (Å²) in [5.74, 6) is 0.350. The minimum Gasteiger partial charge on any atom is -0.481 e. The number of aliphatic carboxylic acids is 1. The molecule has 0 amide bonds. The molecule has 0 fully saturated rings. The smallest absolute Gasteiger partial charge is 0.307 e. The molecule has 0 radical (unpaired) electrons. The van der Waals surface area contributed by atoms with Crippen LogP contribution in [0.4, 0.5) is 0 Å². The van der Waals surface area contributed by atoms with Crippen molar-refractivity contribution in [1.29, 1.82) is 0 Å². The monoisotopic (exact) mass is 311 g/mol. The Morgan fingerprint density at radius 3 is 2.71 bits per heavy atom. The number of nitrogens with zero attached hydrogens (tertiary/aromatic N) is 3. The van der Waals surface area contributed by atoms with E-state index in [-0.39, 0.29) is 11.0 Å². The lowest BCUT2D eigenvalue weighted by Crippen LogP contribution is -2.40. The number of carbonyl (C=O) groups is 1. The van der Waals surface area contributed by atoms with Crippen molar-refractivity contribution in [2.75, 3.05) is 0 Å². The molecule has 1 atom stereocenters. The Labute approximate surface area is 126 Å². The minimum absolute atomic E-state index is 0.154. The summed E-state index contributed by atoms with van der Waals surface area (Å²) >= 11 is 0. The van der Waals surface area contributed by atoms with Gasteiger partial charge in [-0.25, -0.2) is 9.67 Å². The van der Waals surface area contributed by atoms with E-state index < -0.39 is 14.3 Å². The van der Waals surface area contributed by atoms with Gasteiger partial charge in [0.25, 0.3) is 0 Å². The highest BCUT2D eigenvalue weighted by atomic mass is 28.4. The van der Waals surface area contributed by atoms with E-state index in [0.717, 1.165) is 5.82 Å². The normalized spacial score (nSPS) is 19.4. The second kappa shape index (κ2) is 5.53. The molecule has 1 aliphatic rings. The Hall–Kier alpha value is -1.21. The lowest BCUT2D eigenvalue weighted by molar-refractivity contribution is -0.142. The highest BCUT2D eigenvalue weighted by Gasteiger charge is 2.37. The molecule has 2 rings (SSSR count). The number of carboxylic acid groups (broad SMARTS) is 1. The molecule has 0 saturated carbocycles. The van der Waals surface area contributed by atoms with Crippen LogP contribution in [-0.4, -0.2) is 34.2 Å². The topological polar surface area (TPSA) is 77.2 Å². The molecule has 0 aromatic carbocycles. The Morgan fingerprint density at radius 2 is 2.14 bits per heavy atom. The van der Waals surface area contributed by atoms with Gasteiger partial charge in [0.15, 0.2) is 14.1 Å². The molecule has 0 bridgehead atoms. The van der Waals surface area contributed by atoms with Crippen molar-refractivity contribution in [1.82, 2.24) is 14.8 Å². The van der Waals surface area contributed by atoms with Gasteiger partial charge < -0.3 is 9.53 Å². The predicted octanol–water partition coefficient (Wildman–Crippen LogP) is 2.45. The zero-order chi connectivity index (χ0) is 15.8. The first-order valence-electron chi connectivity index (χ1n) is 7.39. The average Bonchev–Trinajstić information content (AvgIpc) is 2.76. The summed E-state index contributed by atoms with van der Waals surface area (Å²) in [5.41, 5.74) is 0. The van der Waals surface area contributed by atoms with Crippen LogP contribution in [0, 0.1) is 5.92 Å². The molecule has 1 aromatic heterocycles. The zero-order valence-electron chi connectivity index (χ0n) is 13.5.